The Kier molecular flexibility index (Phi) is 5.19. The molecule has 0 fully saturated rings. The summed E-state index contributed by atoms with van der Waals surface area (Å²) in [6.45, 7) is 6.26. The highest BCUT2D eigenvalue weighted by molar-refractivity contribution is 6.06. The summed E-state index contributed by atoms with van der Waals surface area (Å²) in [7, 11) is 1.83. The number of hydrogen-bond acceptors (Lipinski definition) is 3. The van der Waals surface area contributed by atoms with Crippen molar-refractivity contribution < 1.29 is 18.9 Å². The molecular weight excluding hydrogens is 342 g/mol. The Balaban J connectivity index is 1.63. The first-order valence-corrected chi connectivity index (χ1v) is 9.05. The quantitative estimate of drug-likeness (QED) is 0.644. The Morgan fingerprint density at radius 2 is 1.63 bits per heavy atom. The molecule has 6 heteroatoms. The van der Waals surface area contributed by atoms with Crippen LogP contribution >= 0.6 is 0 Å². The molecular formula is C21H26N3O3+. The van der Waals surface area contributed by atoms with Gasteiger partial charge >= 0.3 is 0 Å². The van der Waals surface area contributed by atoms with Crippen molar-refractivity contribution in [3.05, 3.63) is 42.5 Å². The fourth-order valence-electron chi connectivity index (χ4n) is 3.08. The number of amides is 2. The Bertz CT molecular complexity index is 985. The highest BCUT2D eigenvalue weighted by atomic mass is 16.3. The lowest BCUT2D eigenvalue weighted by molar-refractivity contribution is -0.862. The molecule has 1 atom stereocenters. The van der Waals surface area contributed by atoms with Crippen LogP contribution in [-0.4, -0.2) is 37.5 Å². The molecule has 27 heavy (non-hydrogen) atoms. The molecule has 3 rings (SSSR count). The number of rotatable bonds is 5. The number of nitrogens with one attached hydrogen (secondary N) is 3. The zero-order valence-corrected chi connectivity index (χ0v) is 16.2. The van der Waals surface area contributed by atoms with Gasteiger partial charge in [0.2, 0.25) is 0 Å². The van der Waals surface area contributed by atoms with Gasteiger partial charge in [-0.05, 0) is 45.0 Å². The molecule has 2 amide bonds. The highest BCUT2D eigenvalue weighted by Crippen LogP contribution is 2.30. The number of likely N-dealkylation sites (N-methyl/N-ethyl adjacent to an activating group) is 1. The van der Waals surface area contributed by atoms with E-state index < -0.39 is 0 Å². The number of benzene rings is 2. The van der Waals surface area contributed by atoms with E-state index in [0.717, 1.165) is 26.8 Å². The molecule has 3 aromatic rings. The molecule has 1 aromatic heterocycles. The third-order valence-corrected chi connectivity index (χ3v) is 4.10. The van der Waals surface area contributed by atoms with Crippen molar-refractivity contribution in [2.24, 2.45) is 0 Å². The second-order valence-electron chi connectivity index (χ2n) is 7.97. The van der Waals surface area contributed by atoms with E-state index in [2.05, 4.69) is 10.6 Å². The topological polar surface area (TPSA) is 75.8 Å². The lowest BCUT2D eigenvalue weighted by atomic mass is 10.1. The molecule has 0 radical (unpaired) electrons. The van der Waals surface area contributed by atoms with Crippen LogP contribution in [0.15, 0.2) is 46.9 Å². The molecule has 0 saturated carbocycles. The minimum atomic E-state index is -0.275. The van der Waals surface area contributed by atoms with Crippen LogP contribution in [0.4, 0.5) is 5.69 Å². The van der Waals surface area contributed by atoms with Crippen LogP contribution in [0.1, 0.15) is 20.8 Å². The van der Waals surface area contributed by atoms with E-state index in [0.29, 0.717) is 5.69 Å². The molecule has 0 spiro atoms. The molecule has 142 valence electrons. The average molecular weight is 368 g/mol. The summed E-state index contributed by atoms with van der Waals surface area (Å²) < 4.78 is 5.80. The Morgan fingerprint density at radius 3 is 2.37 bits per heavy atom. The molecule has 0 bridgehead atoms. The lowest BCUT2D eigenvalue weighted by Crippen LogP contribution is -3.11. The third kappa shape index (κ3) is 4.86. The van der Waals surface area contributed by atoms with Gasteiger partial charge < -0.3 is 20.0 Å². The van der Waals surface area contributed by atoms with Crippen LogP contribution in [-0.2, 0) is 9.59 Å². The fraction of sp³-hybridized carbons (Fsp3) is 0.333. The predicted octanol–water partition coefficient (Wildman–Crippen LogP) is 1.95. The van der Waals surface area contributed by atoms with Crippen LogP contribution in [0.3, 0.4) is 0 Å². The summed E-state index contributed by atoms with van der Waals surface area (Å²) in [5.74, 6) is -0.206. The molecule has 1 heterocycles. The van der Waals surface area contributed by atoms with Crippen molar-refractivity contribution in [2.45, 2.75) is 26.3 Å². The van der Waals surface area contributed by atoms with E-state index in [1.54, 1.807) is 0 Å². The second-order valence-corrected chi connectivity index (χ2v) is 7.97. The third-order valence-electron chi connectivity index (χ3n) is 4.10. The summed E-state index contributed by atoms with van der Waals surface area (Å²) in [6, 6.07) is 13.4. The first kappa shape index (κ1) is 18.9. The van der Waals surface area contributed by atoms with Crippen LogP contribution in [0.5, 0.6) is 0 Å². The van der Waals surface area contributed by atoms with E-state index in [4.69, 9.17) is 4.42 Å². The fourth-order valence-corrected chi connectivity index (χ4v) is 3.08. The maximum atomic E-state index is 12.3. The molecule has 0 aliphatic heterocycles. The summed E-state index contributed by atoms with van der Waals surface area (Å²) in [6.07, 6.45) is 0. The standard InChI is InChI=1S/C21H25N3O3/c1-21(2,3)23-20(26)13-24(4)12-19(25)22-14-9-10-18-16(11-14)15-7-5-6-8-17(15)27-18/h5-11H,12-13H2,1-4H3,(H,22,25)(H,23,26)/p+1. The predicted molar refractivity (Wildman–Crippen MR) is 107 cm³/mol. The Morgan fingerprint density at radius 1 is 0.963 bits per heavy atom. The normalized spacial score (nSPS) is 12.9. The summed E-state index contributed by atoms with van der Waals surface area (Å²) in [4.78, 5) is 25.1. The smallest absolute Gasteiger partial charge is 0.279 e. The maximum Gasteiger partial charge on any atom is 0.279 e. The molecule has 3 N–H and O–H groups in total. The number of anilines is 1. The summed E-state index contributed by atoms with van der Waals surface area (Å²) in [5, 5.41) is 7.80. The number of hydrogen-bond donors (Lipinski definition) is 3. The summed E-state index contributed by atoms with van der Waals surface area (Å²) >= 11 is 0. The van der Waals surface area contributed by atoms with Crippen molar-refractivity contribution in [3.8, 4) is 0 Å². The van der Waals surface area contributed by atoms with Crippen LogP contribution in [0, 0.1) is 0 Å². The second kappa shape index (κ2) is 7.40. The SMILES string of the molecule is C[NH+](CC(=O)Nc1ccc2oc3ccccc3c2c1)CC(=O)NC(C)(C)C. The minimum Gasteiger partial charge on any atom is -0.456 e. The van der Waals surface area contributed by atoms with E-state index in [9.17, 15) is 9.59 Å². The van der Waals surface area contributed by atoms with Gasteiger partial charge in [-0.25, -0.2) is 0 Å². The van der Waals surface area contributed by atoms with Crippen LogP contribution < -0.4 is 15.5 Å². The molecule has 2 aromatic carbocycles. The van der Waals surface area contributed by atoms with Gasteiger partial charge in [-0.2, -0.15) is 0 Å². The summed E-state index contributed by atoms with van der Waals surface area (Å²) in [5.41, 5.74) is 2.05. The van der Waals surface area contributed by atoms with Crippen LogP contribution in [0.2, 0.25) is 0 Å². The number of fused-ring (bicyclic) bond motifs is 3. The van der Waals surface area contributed by atoms with Gasteiger partial charge in [-0.3, -0.25) is 9.59 Å². The Hall–Kier alpha value is -2.86. The van der Waals surface area contributed by atoms with Gasteiger partial charge in [0.1, 0.15) is 11.2 Å². The zero-order chi connectivity index (χ0) is 19.6. The maximum absolute atomic E-state index is 12.3. The number of carbonyl (C=O) groups excluding carboxylic acids is 2. The van der Waals surface area contributed by atoms with Crippen molar-refractivity contribution in [1.29, 1.82) is 0 Å². The van der Waals surface area contributed by atoms with E-state index >= 15 is 0 Å². The van der Waals surface area contributed by atoms with Crippen molar-refractivity contribution in [1.82, 2.24) is 5.32 Å². The molecule has 0 saturated heterocycles. The first-order valence-electron chi connectivity index (χ1n) is 9.05. The average Bonchev–Trinajstić information content (AvgIpc) is 2.90. The monoisotopic (exact) mass is 368 g/mol. The van der Waals surface area contributed by atoms with Gasteiger partial charge in [0.05, 0.1) is 7.05 Å². The van der Waals surface area contributed by atoms with Crippen molar-refractivity contribution >= 4 is 39.4 Å². The molecule has 0 aliphatic carbocycles. The van der Waals surface area contributed by atoms with Gasteiger partial charge in [0.25, 0.3) is 11.8 Å². The van der Waals surface area contributed by atoms with Crippen LogP contribution in [0.25, 0.3) is 21.9 Å². The largest absolute Gasteiger partial charge is 0.456 e. The van der Waals surface area contributed by atoms with Gasteiger partial charge in [-0.15, -0.1) is 0 Å². The van der Waals surface area contributed by atoms with E-state index in [-0.39, 0.29) is 30.4 Å². The van der Waals surface area contributed by atoms with Crippen molar-refractivity contribution in [3.63, 3.8) is 0 Å². The van der Waals surface area contributed by atoms with Gasteiger partial charge in [0, 0.05) is 22.0 Å². The van der Waals surface area contributed by atoms with E-state index in [1.165, 1.54) is 0 Å². The number of carbonyl (C=O) groups is 2. The first-order chi connectivity index (χ1) is 12.7. The van der Waals surface area contributed by atoms with Gasteiger partial charge in [0.15, 0.2) is 13.1 Å². The van der Waals surface area contributed by atoms with Crippen molar-refractivity contribution in [2.75, 3.05) is 25.5 Å². The molecule has 1 unspecified atom stereocenters. The van der Waals surface area contributed by atoms with E-state index in [1.807, 2.05) is 70.3 Å². The highest BCUT2D eigenvalue weighted by Gasteiger charge is 2.19. The number of para-hydroxylation sites is 1. The minimum absolute atomic E-state index is 0.0703. The molecule has 6 nitrogen and oxygen atoms in total. The Labute approximate surface area is 158 Å². The molecule has 0 aliphatic rings. The number of quaternary nitrogens is 1. The lowest BCUT2D eigenvalue weighted by Gasteiger charge is -2.21. The number of furan rings is 1. The van der Waals surface area contributed by atoms with Gasteiger partial charge in [-0.1, -0.05) is 18.2 Å². The zero-order valence-electron chi connectivity index (χ0n) is 16.2.